The fraction of sp³-hybridized carbons (Fsp3) is 0.308. The summed E-state index contributed by atoms with van der Waals surface area (Å²) < 4.78 is 12.8. The molecule has 0 aliphatic rings. The normalized spacial score (nSPS) is 10.4. The molecule has 2 rings (SSSR count). The van der Waals surface area contributed by atoms with Crippen LogP contribution in [0.2, 0.25) is 0 Å². The van der Waals surface area contributed by atoms with Gasteiger partial charge in [-0.3, -0.25) is 0 Å². The number of aromatic nitrogens is 2. The van der Waals surface area contributed by atoms with Crippen LogP contribution in [0.25, 0.3) is 0 Å². The summed E-state index contributed by atoms with van der Waals surface area (Å²) >= 11 is 0. The maximum Gasteiger partial charge on any atom is 0.130 e. The van der Waals surface area contributed by atoms with Gasteiger partial charge in [0.15, 0.2) is 0 Å². The summed E-state index contributed by atoms with van der Waals surface area (Å²) in [7, 11) is 3.56. The Bertz CT molecular complexity index is 523. The highest BCUT2D eigenvalue weighted by atomic mass is 16.5. The van der Waals surface area contributed by atoms with Crippen LogP contribution in [-0.2, 0) is 20.2 Å². The number of ether oxygens (including phenoxy) is 2. The van der Waals surface area contributed by atoms with E-state index in [0.29, 0.717) is 13.2 Å². The molecule has 0 spiro atoms. The van der Waals surface area contributed by atoms with Crippen LogP contribution in [0.4, 0.5) is 0 Å². The first-order valence-electron chi connectivity index (χ1n) is 5.69. The molecule has 96 valence electrons. The molecule has 2 aromatic rings. The number of nitrogens with two attached hydrogens (primary N) is 1. The molecule has 1 aromatic carbocycles. The summed E-state index contributed by atoms with van der Waals surface area (Å²) in [6, 6.07) is 5.62. The number of hydrogen-bond donors (Lipinski definition) is 1. The SMILES string of the molecule is COc1ccc(OCc2cncn2C)c(CN)c1. The minimum atomic E-state index is 0.415. The summed E-state index contributed by atoms with van der Waals surface area (Å²) in [6.07, 6.45) is 3.53. The van der Waals surface area contributed by atoms with Gasteiger partial charge in [0.05, 0.1) is 25.3 Å². The summed E-state index contributed by atoms with van der Waals surface area (Å²) in [5, 5.41) is 0. The van der Waals surface area contributed by atoms with E-state index in [1.165, 1.54) is 0 Å². The monoisotopic (exact) mass is 247 g/mol. The van der Waals surface area contributed by atoms with Gasteiger partial charge in [-0.15, -0.1) is 0 Å². The molecule has 0 aliphatic heterocycles. The Morgan fingerprint density at radius 2 is 2.22 bits per heavy atom. The van der Waals surface area contributed by atoms with Gasteiger partial charge in [-0.25, -0.2) is 4.98 Å². The van der Waals surface area contributed by atoms with E-state index >= 15 is 0 Å². The first-order chi connectivity index (χ1) is 8.74. The second-order valence-electron chi connectivity index (χ2n) is 3.96. The van der Waals surface area contributed by atoms with Crippen molar-refractivity contribution in [2.75, 3.05) is 7.11 Å². The highest BCUT2D eigenvalue weighted by Gasteiger charge is 2.06. The lowest BCUT2D eigenvalue weighted by atomic mass is 10.2. The third-order valence-electron chi connectivity index (χ3n) is 2.78. The summed E-state index contributed by atoms with van der Waals surface area (Å²) in [5.41, 5.74) is 7.64. The molecule has 5 nitrogen and oxygen atoms in total. The van der Waals surface area contributed by atoms with E-state index in [1.54, 1.807) is 19.6 Å². The lowest BCUT2D eigenvalue weighted by Crippen LogP contribution is -2.05. The molecule has 1 aromatic heterocycles. The van der Waals surface area contributed by atoms with Gasteiger partial charge in [0.25, 0.3) is 0 Å². The van der Waals surface area contributed by atoms with Crippen LogP contribution in [0.3, 0.4) is 0 Å². The maximum atomic E-state index is 5.76. The Morgan fingerprint density at radius 1 is 1.39 bits per heavy atom. The number of aryl methyl sites for hydroxylation is 1. The maximum absolute atomic E-state index is 5.76. The standard InChI is InChI=1S/C13H17N3O2/c1-16-9-15-7-11(16)8-18-13-4-3-12(17-2)5-10(13)6-14/h3-5,7,9H,6,8,14H2,1-2H3. The van der Waals surface area contributed by atoms with E-state index in [1.807, 2.05) is 29.8 Å². The van der Waals surface area contributed by atoms with Crippen LogP contribution >= 0.6 is 0 Å². The molecule has 1 heterocycles. The Labute approximate surface area is 106 Å². The van der Waals surface area contributed by atoms with E-state index in [2.05, 4.69) is 4.98 Å². The van der Waals surface area contributed by atoms with Gasteiger partial charge in [0.2, 0.25) is 0 Å². The van der Waals surface area contributed by atoms with Crippen LogP contribution in [0, 0.1) is 0 Å². The smallest absolute Gasteiger partial charge is 0.130 e. The lowest BCUT2D eigenvalue weighted by Gasteiger charge is -2.11. The predicted molar refractivity (Wildman–Crippen MR) is 68.4 cm³/mol. The number of nitrogens with zero attached hydrogens (tertiary/aromatic N) is 2. The molecular formula is C13H17N3O2. The van der Waals surface area contributed by atoms with E-state index in [0.717, 1.165) is 22.8 Å². The molecule has 0 amide bonds. The van der Waals surface area contributed by atoms with E-state index in [4.69, 9.17) is 15.2 Å². The zero-order chi connectivity index (χ0) is 13.0. The Hall–Kier alpha value is -2.01. The van der Waals surface area contributed by atoms with Gasteiger partial charge in [-0.2, -0.15) is 0 Å². The zero-order valence-corrected chi connectivity index (χ0v) is 10.6. The minimum absolute atomic E-state index is 0.415. The van der Waals surface area contributed by atoms with Crippen LogP contribution in [0.5, 0.6) is 11.5 Å². The average Bonchev–Trinajstić information content (AvgIpc) is 2.81. The predicted octanol–water partition coefficient (Wildman–Crippen LogP) is 1.47. The van der Waals surface area contributed by atoms with Crippen molar-refractivity contribution in [3.8, 4) is 11.5 Å². The molecule has 18 heavy (non-hydrogen) atoms. The molecule has 5 heteroatoms. The summed E-state index contributed by atoms with van der Waals surface area (Å²) in [4.78, 5) is 4.04. The van der Waals surface area contributed by atoms with Crippen LogP contribution < -0.4 is 15.2 Å². The van der Waals surface area contributed by atoms with Gasteiger partial charge in [0.1, 0.15) is 18.1 Å². The van der Waals surface area contributed by atoms with Crippen LogP contribution in [-0.4, -0.2) is 16.7 Å². The minimum Gasteiger partial charge on any atom is -0.497 e. The highest BCUT2D eigenvalue weighted by Crippen LogP contribution is 2.24. The Kier molecular flexibility index (Phi) is 3.84. The molecule has 0 atom stereocenters. The second-order valence-corrected chi connectivity index (χ2v) is 3.96. The van der Waals surface area contributed by atoms with Crippen LogP contribution in [0.1, 0.15) is 11.3 Å². The Morgan fingerprint density at radius 3 is 2.83 bits per heavy atom. The molecule has 0 fully saturated rings. The third-order valence-corrected chi connectivity index (χ3v) is 2.78. The number of hydrogen-bond acceptors (Lipinski definition) is 4. The number of imidazole rings is 1. The van der Waals surface area contributed by atoms with Crippen molar-refractivity contribution < 1.29 is 9.47 Å². The van der Waals surface area contributed by atoms with Crippen molar-refractivity contribution in [1.29, 1.82) is 0 Å². The van der Waals surface area contributed by atoms with Crippen molar-refractivity contribution >= 4 is 0 Å². The van der Waals surface area contributed by atoms with Crippen molar-refractivity contribution in [2.45, 2.75) is 13.2 Å². The second kappa shape index (κ2) is 5.55. The van der Waals surface area contributed by atoms with Gasteiger partial charge in [-0.05, 0) is 18.2 Å². The summed E-state index contributed by atoms with van der Waals surface area (Å²) in [6.45, 7) is 0.883. The van der Waals surface area contributed by atoms with Gasteiger partial charge < -0.3 is 19.8 Å². The molecule has 0 saturated carbocycles. The van der Waals surface area contributed by atoms with E-state index in [9.17, 15) is 0 Å². The van der Waals surface area contributed by atoms with Gasteiger partial charge in [-0.1, -0.05) is 0 Å². The molecular weight excluding hydrogens is 230 g/mol. The fourth-order valence-electron chi connectivity index (χ4n) is 1.66. The van der Waals surface area contributed by atoms with Crippen molar-refractivity contribution in [3.05, 3.63) is 42.0 Å². The Balaban J connectivity index is 2.11. The molecule has 0 saturated heterocycles. The number of rotatable bonds is 5. The molecule has 2 N–H and O–H groups in total. The molecule has 0 bridgehead atoms. The first kappa shape index (κ1) is 12.4. The van der Waals surface area contributed by atoms with E-state index < -0.39 is 0 Å². The topological polar surface area (TPSA) is 62.3 Å². The zero-order valence-electron chi connectivity index (χ0n) is 10.6. The fourth-order valence-corrected chi connectivity index (χ4v) is 1.66. The number of methoxy groups -OCH3 is 1. The van der Waals surface area contributed by atoms with Crippen LogP contribution in [0.15, 0.2) is 30.7 Å². The molecule has 0 unspecified atom stereocenters. The van der Waals surface area contributed by atoms with E-state index in [-0.39, 0.29) is 0 Å². The summed E-state index contributed by atoms with van der Waals surface area (Å²) in [5.74, 6) is 1.56. The van der Waals surface area contributed by atoms with Gasteiger partial charge >= 0.3 is 0 Å². The van der Waals surface area contributed by atoms with Gasteiger partial charge in [0, 0.05) is 19.2 Å². The average molecular weight is 247 g/mol. The lowest BCUT2D eigenvalue weighted by molar-refractivity contribution is 0.293. The van der Waals surface area contributed by atoms with Crippen molar-refractivity contribution in [3.63, 3.8) is 0 Å². The largest absolute Gasteiger partial charge is 0.497 e. The third kappa shape index (κ3) is 2.62. The molecule has 0 aliphatic carbocycles. The van der Waals surface area contributed by atoms with Crippen molar-refractivity contribution in [2.24, 2.45) is 12.8 Å². The highest BCUT2D eigenvalue weighted by molar-refractivity contribution is 5.40. The number of benzene rings is 1. The molecule has 0 radical (unpaired) electrons. The first-order valence-corrected chi connectivity index (χ1v) is 5.69. The quantitative estimate of drug-likeness (QED) is 0.869. The van der Waals surface area contributed by atoms with Crippen molar-refractivity contribution in [1.82, 2.24) is 9.55 Å².